The Kier molecular flexibility index (Phi) is 3.91. The molecule has 0 aliphatic rings. The molecular formula is C13H16BrN3O2. The zero-order valence-electron chi connectivity index (χ0n) is 11.1. The Morgan fingerprint density at radius 1 is 1.47 bits per heavy atom. The summed E-state index contributed by atoms with van der Waals surface area (Å²) in [6.07, 6.45) is 0.748. The van der Waals surface area contributed by atoms with Crippen LogP contribution in [0.25, 0.3) is 11.5 Å². The lowest BCUT2D eigenvalue weighted by molar-refractivity contribution is -0.0106. The number of hydrogen-bond donors (Lipinski definition) is 1. The summed E-state index contributed by atoms with van der Waals surface area (Å²) in [4.78, 5) is 4.39. The third-order valence-electron chi connectivity index (χ3n) is 3.27. The van der Waals surface area contributed by atoms with Crippen LogP contribution in [0.2, 0.25) is 0 Å². The summed E-state index contributed by atoms with van der Waals surface area (Å²) in [6, 6.07) is 5.52. The van der Waals surface area contributed by atoms with Crippen LogP contribution in [0.3, 0.4) is 0 Å². The fourth-order valence-electron chi connectivity index (χ4n) is 1.67. The molecule has 1 unspecified atom stereocenters. The predicted molar refractivity (Wildman–Crippen MR) is 76.5 cm³/mol. The molecule has 0 radical (unpaired) electrons. The van der Waals surface area contributed by atoms with Crippen LogP contribution >= 0.6 is 15.9 Å². The summed E-state index contributed by atoms with van der Waals surface area (Å²) >= 11 is 3.36. The van der Waals surface area contributed by atoms with Crippen molar-refractivity contribution in [2.24, 2.45) is 0 Å². The first-order valence-electron chi connectivity index (χ1n) is 5.95. The summed E-state index contributed by atoms with van der Waals surface area (Å²) in [7, 11) is 1.63. The minimum atomic E-state index is -0.550. The number of nitrogens with zero attached hydrogens (tertiary/aromatic N) is 2. The first-order chi connectivity index (χ1) is 9.00. The van der Waals surface area contributed by atoms with E-state index < -0.39 is 5.60 Å². The van der Waals surface area contributed by atoms with Gasteiger partial charge in [-0.05, 0) is 31.5 Å². The Labute approximate surface area is 120 Å². The molecule has 1 heterocycles. The van der Waals surface area contributed by atoms with Crippen LogP contribution in [0.15, 0.2) is 27.2 Å². The lowest BCUT2D eigenvalue weighted by atomic mass is 10.0. The molecule has 102 valence electrons. The van der Waals surface area contributed by atoms with E-state index in [-0.39, 0.29) is 0 Å². The van der Waals surface area contributed by atoms with Gasteiger partial charge in [-0.3, -0.25) is 0 Å². The number of hydrogen-bond acceptors (Lipinski definition) is 5. The van der Waals surface area contributed by atoms with E-state index in [2.05, 4.69) is 26.1 Å². The maximum absolute atomic E-state index is 5.95. The fraction of sp³-hybridized carbons (Fsp3) is 0.385. The van der Waals surface area contributed by atoms with Gasteiger partial charge in [0.2, 0.25) is 5.82 Å². The summed E-state index contributed by atoms with van der Waals surface area (Å²) in [5, 5.41) is 3.99. The van der Waals surface area contributed by atoms with Crippen LogP contribution in [0, 0.1) is 0 Å². The lowest BCUT2D eigenvalue weighted by Crippen LogP contribution is -2.24. The first-order valence-corrected chi connectivity index (χ1v) is 6.74. The number of rotatable bonds is 4. The highest BCUT2D eigenvalue weighted by Gasteiger charge is 2.30. The molecule has 0 saturated heterocycles. The van der Waals surface area contributed by atoms with Gasteiger partial charge in [-0.2, -0.15) is 4.98 Å². The molecule has 0 aliphatic carbocycles. The smallest absolute Gasteiger partial charge is 0.260 e. The zero-order valence-corrected chi connectivity index (χ0v) is 12.7. The van der Waals surface area contributed by atoms with Gasteiger partial charge < -0.3 is 15.0 Å². The van der Waals surface area contributed by atoms with Gasteiger partial charge in [-0.15, -0.1) is 0 Å². The summed E-state index contributed by atoms with van der Waals surface area (Å²) in [5.74, 6) is 0.923. The topological polar surface area (TPSA) is 74.2 Å². The maximum atomic E-state index is 5.95. The fourth-order valence-corrected chi connectivity index (χ4v) is 2.05. The lowest BCUT2D eigenvalue weighted by Gasteiger charge is -2.21. The molecule has 0 amide bonds. The zero-order chi connectivity index (χ0) is 14.0. The van der Waals surface area contributed by atoms with Crippen molar-refractivity contribution < 1.29 is 9.26 Å². The third-order valence-corrected chi connectivity index (χ3v) is 3.76. The van der Waals surface area contributed by atoms with Crippen molar-refractivity contribution in [2.45, 2.75) is 25.9 Å². The second-order valence-corrected chi connectivity index (χ2v) is 5.36. The van der Waals surface area contributed by atoms with Crippen molar-refractivity contribution in [3.8, 4) is 11.5 Å². The monoisotopic (exact) mass is 325 g/mol. The van der Waals surface area contributed by atoms with Gasteiger partial charge in [0.1, 0.15) is 5.60 Å². The number of aromatic nitrogens is 2. The van der Waals surface area contributed by atoms with Gasteiger partial charge in [-0.25, -0.2) is 0 Å². The molecule has 1 atom stereocenters. The normalized spacial score (nSPS) is 14.3. The number of methoxy groups -OCH3 is 1. The number of anilines is 1. The van der Waals surface area contributed by atoms with Crippen LogP contribution in [-0.4, -0.2) is 17.3 Å². The SMILES string of the molecule is CCC(C)(OC)c1noc(-c2ccc(Br)cc2N)n1. The minimum Gasteiger partial charge on any atom is -0.398 e. The number of ether oxygens (including phenoxy) is 1. The van der Waals surface area contributed by atoms with Crippen LogP contribution in [0.5, 0.6) is 0 Å². The summed E-state index contributed by atoms with van der Waals surface area (Å²) in [6.45, 7) is 3.93. The van der Waals surface area contributed by atoms with E-state index in [9.17, 15) is 0 Å². The van der Waals surface area contributed by atoms with Crippen LogP contribution in [-0.2, 0) is 10.3 Å². The molecule has 0 saturated carbocycles. The second-order valence-electron chi connectivity index (χ2n) is 4.44. The molecule has 0 fully saturated rings. The molecule has 1 aromatic heterocycles. The quantitative estimate of drug-likeness (QED) is 0.872. The largest absolute Gasteiger partial charge is 0.398 e. The summed E-state index contributed by atoms with van der Waals surface area (Å²) < 4.78 is 11.6. The average molecular weight is 326 g/mol. The van der Waals surface area contributed by atoms with E-state index in [0.29, 0.717) is 17.4 Å². The van der Waals surface area contributed by atoms with E-state index in [1.807, 2.05) is 26.0 Å². The van der Waals surface area contributed by atoms with Gasteiger partial charge in [0.25, 0.3) is 5.89 Å². The second kappa shape index (κ2) is 5.30. The van der Waals surface area contributed by atoms with Crippen molar-refractivity contribution in [3.05, 3.63) is 28.5 Å². The number of benzene rings is 1. The van der Waals surface area contributed by atoms with E-state index in [1.165, 1.54) is 0 Å². The molecule has 2 N–H and O–H groups in total. The van der Waals surface area contributed by atoms with Gasteiger partial charge in [0, 0.05) is 17.3 Å². The molecule has 5 nitrogen and oxygen atoms in total. The highest BCUT2D eigenvalue weighted by molar-refractivity contribution is 9.10. The van der Waals surface area contributed by atoms with Gasteiger partial charge >= 0.3 is 0 Å². The number of nitrogen functional groups attached to an aromatic ring is 1. The first kappa shape index (κ1) is 14.0. The molecule has 0 spiro atoms. The van der Waals surface area contributed by atoms with Crippen molar-refractivity contribution in [3.63, 3.8) is 0 Å². The highest BCUT2D eigenvalue weighted by Crippen LogP contribution is 2.31. The van der Waals surface area contributed by atoms with E-state index >= 15 is 0 Å². The van der Waals surface area contributed by atoms with Crippen LogP contribution in [0.1, 0.15) is 26.1 Å². The third kappa shape index (κ3) is 2.64. The van der Waals surface area contributed by atoms with Gasteiger partial charge in [0.15, 0.2) is 0 Å². The molecule has 6 heteroatoms. The molecule has 0 bridgehead atoms. The highest BCUT2D eigenvalue weighted by atomic mass is 79.9. The van der Waals surface area contributed by atoms with E-state index in [4.69, 9.17) is 15.0 Å². The molecule has 0 aliphatic heterocycles. The van der Waals surface area contributed by atoms with Gasteiger partial charge in [0.05, 0.1) is 5.56 Å². The maximum Gasteiger partial charge on any atom is 0.260 e. The van der Waals surface area contributed by atoms with Crippen molar-refractivity contribution in [1.82, 2.24) is 10.1 Å². The van der Waals surface area contributed by atoms with Crippen LogP contribution in [0.4, 0.5) is 5.69 Å². The minimum absolute atomic E-state index is 0.400. The molecular weight excluding hydrogens is 310 g/mol. The molecule has 1 aromatic carbocycles. The summed E-state index contributed by atoms with van der Waals surface area (Å²) in [5.41, 5.74) is 6.70. The van der Waals surface area contributed by atoms with Crippen molar-refractivity contribution >= 4 is 21.6 Å². The molecule has 19 heavy (non-hydrogen) atoms. The Bertz CT molecular complexity index is 579. The van der Waals surface area contributed by atoms with E-state index in [0.717, 1.165) is 16.5 Å². The van der Waals surface area contributed by atoms with Crippen molar-refractivity contribution in [1.29, 1.82) is 0 Å². The number of nitrogens with two attached hydrogens (primary N) is 1. The standard InChI is InChI=1S/C13H16BrN3O2/c1-4-13(2,18-3)12-16-11(19-17-12)9-6-5-8(14)7-10(9)15/h5-7H,4,15H2,1-3H3. The molecule has 2 aromatic rings. The van der Waals surface area contributed by atoms with Gasteiger partial charge in [-0.1, -0.05) is 28.0 Å². The van der Waals surface area contributed by atoms with Crippen LogP contribution < -0.4 is 5.73 Å². The number of halogens is 1. The Balaban J connectivity index is 2.41. The Hall–Kier alpha value is -1.40. The predicted octanol–water partition coefficient (Wildman–Crippen LogP) is 3.35. The Morgan fingerprint density at radius 2 is 2.21 bits per heavy atom. The van der Waals surface area contributed by atoms with E-state index in [1.54, 1.807) is 13.2 Å². The Morgan fingerprint density at radius 3 is 2.79 bits per heavy atom. The molecule has 2 rings (SSSR count). The van der Waals surface area contributed by atoms with Crippen molar-refractivity contribution in [2.75, 3.05) is 12.8 Å². The average Bonchev–Trinajstić information content (AvgIpc) is 2.88.